The summed E-state index contributed by atoms with van der Waals surface area (Å²) < 4.78 is 31.4. The lowest BCUT2D eigenvalue weighted by Crippen LogP contribution is -2.29. The Bertz CT molecular complexity index is 712. The summed E-state index contributed by atoms with van der Waals surface area (Å²) >= 11 is 0. The van der Waals surface area contributed by atoms with Crippen LogP contribution in [-0.4, -0.2) is 50.8 Å². The van der Waals surface area contributed by atoms with E-state index in [4.69, 9.17) is 4.74 Å². The van der Waals surface area contributed by atoms with Crippen molar-refractivity contribution in [1.82, 2.24) is 9.62 Å². The summed E-state index contributed by atoms with van der Waals surface area (Å²) in [6, 6.07) is 5.73. The molecule has 1 aromatic rings. The van der Waals surface area contributed by atoms with Crippen molar-refractivity contribution in [3.8, 4) is 0 Å². The fourth-order valence-corrected chi connectivity index (χ4v) is 4.09. The van der Waals surface area contributed by atoms with Crippen molar-refractivity contribution in [1.29, 1.82) is 0 Å². The topological polar surface area (TPSA) is 92.8 Å². The van der Waals surface area contributed by atoms with Crippen LogP contribution in [0.15, 0.2) is 29.2 Å². The maximum Gasteiger partial charge on any atom is 0.338 e. The quantitative estimate of drug-likeness (QED) is 0.555. The van der Waals surface area contributed by atoms with E-state index in [0.29, 0.717) is 19.6 Å². The highest BCUT2D eigenvalue weighted by Crippen LogP contribution is 2.21. The Hall–Kier alpha value is -1.93. The molecule has 0 spiro atoms. The van der Waals surface area contributed by atoms with Crippen molar-refractivity contribution in [2.75, 3.05) is 26.2 Å². The van der Waals surface area contributed by atoms with Crippen LogP contribution in [-0.2, 0) is 19.6 Å². The molecule has 1 aromatic carbocycles. The van der Waals surface area contributed by atoms with Gasteiger partial charge in [-0.2, -0.15) is 4.31 Å². The number of ether oxygens (including phenoxy) is 1. The van der Waals surface area contributed by atoms with Gasteiger partial charge in [0.15, 0.2) is 6.61 Å². The van der Waals surface area contributed by atoms with E-state index >= 15 is 0 Å². The number of esters is 1. The first-order valence-corrected chi connectivity index (χ1v) is 9.93. The van der Waals surface area contributed by atoms with Gasteiger partial charge >= 0.3 is 5.97 Å². The maximum absolute atomic E-state index is 12.5. The van der Waals surface area contributed by atoms with Crippen LogP contribution in [0.5, 0.6) is 0 Å². The molecule has 1 fully saturated rings. The van der Waals surface area contributed by atoms with E-state index in [-0.39, 0.29) is 23.0 Å². The Balaban J connectivity index is 1.98. The highest BCUT2D eigenvalue weighted by molar-refractivity contribution is 7.89. The van der Waals surface area contributed by atoms with Gasteiger partial charge in [0.25, 0.3) is 5.91 Å². The molecular formula is C17H24N2O5S. The first kappa shape index (κ1) is 19.4. The average molecular weight is 368 g/mol. The smallest absolute Gasteiger partial charge is 0.338 e. The van der Waals surface area contributed by atoms with Gasteiger partial charge in [-0.05, 0) is 37.5 Å². The normalized spacial score (nSPS) is 15.1. The lowest BCUT2D eigenvalue weighted by Gasteiger charge is -2.15. The molecule has 1 aliphatic rings. The highest BCUT2D eigenvalue weighted by atomic mass is 32.2. The Kier molecular flexibility index (Phi) is 6.95. The molecular weight excluding hydrogens is 344 g/mol. The summed E-state index contributed by atoms with van der Waals surface area (Å²) in [6.07, 6.45) is 3.50. The van der Waals surface area contributed by atoms with Gasteiger partial charge in [-0.25, -0.2) is 13.2 Å². The maximum atomic E-state index is 12.5. The van der Waals surface area contributed by atoms with Gasteiger partial charge in [0, 0.05) is 19.6 Å². The molecule has 7 nitrogen and oxygen atoms in total. The Labute approximate surface area is 148 Å². The zero-order valence-corrected chi connectivity index (χ0v) is 15.2. The predicted molar refractivity (Wildman–Crippen MR) is 92.6 cm³/mol. The number of hydrogen-bond donors (Lipinski definition) is 1. The highest BCUT2D eigenvalue weighted by Gasteiger charge is 2.27. The number of benzene rings is 1. The van der Waals surface area contributed by atoms with Gasteiger partial charge in [-0.1, -0.05) is 19.4 Å². The number of sulfonamides is 1. The average Bonchev–Trinajstić information content (AvgIpc) is 3.15. The van der Waals surface area contributed by atoms with Crippen LogP contribution in [0.3, 0.4) is 0 Å². The SMILES string of the molecule is CCCCNC(=O)COC(=O)c1cccc(S(=O)(=O)N2CCCC2)c1. The van der Waals surface area contributed by atoms with Crippen LogP contribution in [0.4, 0.5) is 0 Å². The van der Waals surface area contributed by atoms with E-state index in [2.05, 4.69) is 5.32 Å². The van der Waals surface area contributed by atoms with Crippen LogP contribution >= 0.6 is 0 Å². The van der Waals surface area contributed by atoms with Crippen molar-refractivity contribution < 1.29 is 22.7 Å². The van der Waals surface area contributed by atoms with Crippen LogP contribution < -0.4 is 5.32 Å². The predicted octanol–water partition coefficient (Wildman–Crippen LogP) is 1.54. The van der Waals surface area contributed by atoms with E-state index in [1.165, 1.54) is 28.6 Å². The molecule has 0 aliphatic carbocycles. The van der Waals surface area contributed by atoms with E-state index in [9.17, 15) is 18.0 Å². The van der Waals surface area contributed by atoms with E-state index < -0.39 is 16.0 Å². The van der Waals surface area contributed by atoms with Crippen LogP contribution in [0, 0.1) is 0 Å². The first-order valence-electron chi connectivity index (χ1n) is 8.49. The molecule has 0 atom stereocenters. The lowest BCUT2D eigenvalue weighted by molar-refractivity contribution is -0.124. The molecule has 0 saturated carbocycles. The summed E-state index contributed by atoms with van der Waals surface area (Å²) in [4.78, 5) is 23.7. The van der Waals surface area contributed by atoms with E-state index in [1.807, 2.05) is 6.92 Å². The fourth-order valence-electron chi connectivity index (χ4n) is 2.53. The van der Waals surface area contributed by atoms with Gasteiger partial charge in [0.05, 0.1) is 10.5 Å². The zero-order valence-electron chi connectivity index (χ0n) is 14.4. The molecule has 1 N–H and O–H groups in total. The monoisotopic (exact) mass is 368 g/mol. The second-order valence-electron chi connectivity index (χ2n) is 5.92. The molecule has 1 amide bonds. The van der Waals surface area contributed by atoms with Crippen LogP contribution in [0.25, 0.3) is 0 Å². The van der Waals surface area contributed by atoms with Gasteiger partial charge in [-0.3, -0.25) is 4.79 Å². The van der Waals surface area contributed by atoms with Gasteiger partial charge in [-0.15, -0.1) is 0 Å². The van der Waals surface area contributed by atoms with Crippen LogP contribution in [0.2, 0.25) is 0 Å². The van der Waals surface area contributed by atoms with E-state index in [0.717, 1.165) is 25.7 Å². The van der Waals surface area contributed by atoms with Gasteiger partial charge in [0.1, 0.15) is 0 Å². The summed E-state index contributed by atoms with van der Waals surface area (Å²) in [5, 5.41) is 2.64. The summed E-state index contributed by atoms with van der Waals surface area (Å²) in [5.74, 6) is -1.09. The third-order valence-electron chi connectivity index (χ3n) is 3.96. The summed E-state index contributed by atoms with van der Waals surface area (Å²) in [5.41, 5.74) is 0.113. The minimum atomic E-state index is -3.59. The first-order chi connectivity index (χ1) is 11.9. The number of unbranched alkanes of at least 4 members (excludes halogenated alkanes) is 1. The Morgan fingerprint density at radius 2 is 1.96 bits per heavy atom. The molecule has 0 radical (unpaired) electrons. The fraction of sp³-hybridized carbons (Fsp3) is 0.529. The molecule has 0 unspecified atom stereocenters. The van der Waals surface area contributed by atoms with Gasteiger partial charge < -0.3 is 10.1 Å². The number of carbonyl (C=O) groups is 2. The molecule has 1 aliphatic heterocycles. The molecule has 0 aromatic heterocycles. The van der Waals surface area contributed by atoms with Crippen molar-refractivity contribution >= 4 is 21.9 Å². The molecule has 8 heteroatoms. The van der Waals surface area contributed by atoms with Crippen molar-refractivity contribution in [2.24, 2.45) is 0 Å². The number of rotatable bonds is 8. The van der Waals surface area contributed by atoms with Crippen LogP contribution in [0.1, 0.15) is 43.0 Å². The largest absolute Gasteiger partial charge is 0.452 e. The number of amides is 1. The minimum Gasteiger partial charge on any atom is -0.452 e. The summed E-state index contributed by atoms with van der Waals surface area (Å²) in [6.45, 7) is 3.15. The third kappa shape index (κ3) is 5.27. The molecule has 1 saturated heterocycles. The van der Waals surface area contributed by atoms with Crippen molar-refractivity contribution in [2.45, 2.75) is 37.5 Å². The second kappa shape index (κ2) is 8.96. The minimum absolute atomic E-state index is 0.0660. The Morgan fingerprint density at radius 1 is 1.24 bits per heavy atom. The molecule has 138 valence electrons. The number of nitrogens with zero attached hydrogens (tertiary/aromatic N) is 1. The second-order valence-corrected chi connectivity index (χ2v) is 7.86. The van der Waals surface area contributed by atoms with Gasteiger partial charge in [0.2, 0.25) is 10.0 Å². The molecule has 0 bridgehead atoms. The Morgan fingerprint density at radius 3 is 2.64 bits per heavy atom. The number of hydrogen-bond acceptors (Lipinski definition) is 5. The molecule has 1 heterocycles. The van der Waals surface area contributed by atoms with Crippen molar-refractivity contribution in [3.05, 3.63) is 29.8 Å². The lowest BCUT2D eigenvalue weighted by atomic mass is 10.2. The summed E-state index contributed by atoms with van der Waals surface area (Å²) in [7, 11) is -3.59. The van der Waals surface area contributed by atoms with Crippen molar-refractivity contribution in [3.63, 3.8) is 0 Å². The molecule has 2 rings (SSSR count). The van der Waals surface area contributed by atoms with E-state index in [1.54, 1.807) is 0 Å². The standard InChI is InChI=1S/C17H24N2O5S/c1-2-3-9-18-16(20)13-24-17(21)14-7-6-8-15(12-14)25(22,23)19-10-4-5-11-19/h6-8,12H,2-5,9-11,13H2,1H3,(H,18,20). The number of carbonyl (C=O) groups excluding carboxylic acids is 2. The zero-order chi connectivity index (χ0) is 18.3. The third-order valence-corrected chi connectivity index (χ3v) is 5.85. The molecule has 25 heavy (non-hydrogen) atoms. The number of nitrogens with one attached hydrogen (secondary N) is 1.